The van der Waals surface area contributed by atoms with Gasteiger partial charge in [-0.15, -0.1) is 0 Å². The maximum absolute atomic E-state index is 14.7. The second-order valence-corrected chi connectivity index (χ2v) is 6.17. The molecule has 0 atom stereocenters. The number of phenols is 1. The van der Waals surface area contributed by atoms with E-state index in [9.17, 15) is 9.50 Å². The van der Waals surface area contributed by atoms with E-state index in [1.807, 2.05) is 25.1 Å². The molecule has 0 saturated carbocycles. The molecule has 5 nitrogen and oxygen atoms in total. The van der Waals surface area contributed by atoms with Crippen molar-refractivity contribution in [2.24, 2.45) is 0 Å². The molecule has 0 amide bonds. The van der Waals surface area contributed by atoms with Crippen LogP contribution in [-0.2, 0) is 6.42 Å². The molecule has 3 N–H and O–H groups in total. The van der Waals surface area contributed by atoms with Gasteiger partial charge in [0.2, 0.25) is 0 Å². The van der Waals surface area contributed by atoms with Gasteiger partial charge in [0.1, 0.15) is 17.4 Å². The lowest BCUT2D eigenvalue weighted by Gasteiger charge is -2.09. The number of aryl methyl sites for hydroxylation is 1. The number of anilines is 2. The van der Waals surface area contributed by atoms with Crippen molar-refractivity contribution in [3.8, 4) is 5.75 Å². The average Bonchev–Trinajstić information content (AvgIpc) is 3.01. The van der Waals surface area contributed by atoms with Crippen LogP contribution in [0.1, 0.15) is 17.1 Å². The number of nitrogens with zero attached hydrogens (tertiary/aromatic N) is 2. The highest BCUT2D eigenvalue weighted by Crippen LogP contribution is 2.27. The van der Waals surface area contributed by atoms with Crippen LogP contribution in [0.15, 0.2) is 54.7 Å². The van der Waals surface area contributed by atoms with Gasteiger partial charge in [0.25, 0.3) is 0 Å². The van der Waals surface area contributed by atoms with Gasteiger partial charge in [0, 0.05) is 29.2 Å². The van der Waals surface area contributed by atoms with Gasteiger partial charge < -0.3 is 15.4 Å². The van der Waals surface area contributed by atoms with Crippen LogP contribution in [0.4, 0.5) is 15.9 Å². The number of rotatable bonds is 4. The fraction of sp³-hybridized carbons (Fsp3) is 0.100. The van der Waals surface area contributed by atoms with Gasteiger partial charge in [-0.1, -0.05) is 12.1 Å². The summed E-state index contributed by atoms with van der Waals surface area (Å²) in [6.45, 7) is 1.90. The van der Waals surface area contributed by atoms with Crippen LogP contribution in [0.25, 0.3) is 10.9 Å². The summed E-state index contributed by atoms with van der Waals surface area (Å²) in [5, 5.41) is 12.9. The highest BCUT2D eigenvalue weighted by atomic mass is 19.1. The van der Waals surface area contributed by atoms with E-state index in [-0.39, 0.29) is 11.6 Å². The van der Waals surface area contributed by atoms with Crippen molar-refractivity contribution in [3.63, 3.8) is 0 Å². The zero-order valence-electron chi connectivity index (χ0n) is 14.1. The molecular weight excluding hydrogens is 331 g/mol. The van der Waals surface area contributed by atoms with Crippen LogP contribution in [0.2, 0.25) is 0 Å². The molecule has 6 heteroatoms. The van der Waals surface area contributed by atoms with Gasteiger partial charge in [0.05, 0.1) is 5.69 Å². The number of aromatic hydroxyl groups is 1. The minimum Gasteiger partial charge on any atom is -0.508 e. The molecule has 130 valence electrons. The van der Waals surface area contributed by atoms with Gasteiger partial charge in [-0.25, -0.2) is 14.4 Å². The smallest absolute Gasteiger partial charge is 0.156 e. The standard InChI is InChI=1S/C20H17FN4O/c1-12-10-15-16(23-12)6-7-17(20(15)21)24-18-8-9-22-19(25-18)11-13-2-4-14(26)5-3-13/h2-10,23,26H,11H2,1H3,(H,22,24,25). The first kappa shape index (κ1) is 16.1. The Hall–Kier alpha value is -3.41. The maximum atomic E-state index is 14.7. The molecule has 0 radical (unpaired) electrons. The van der Waals surface area contributed by atoms with E-state index in [2.05, 4.69) is 20.3 Å². The molecule has 0 bridgehead atoms. The quantitative estimate of drug-likeness (QED) is 0.509. The fourth-order valence-corrected chi connectivity index (χ4v) is 2.89. The van der Waals surface area contributed by atoms with Crippen LogP contribution >= 0.6 is 0 Å². The van der Waals surface area contributed by atoms with E-state index < -0.39 is 0 Å². The van der Waals surface area contributed by atoms with Crippen molar-refractivity contribution in [1.82, 2.24) is 15.0 Å². The van der Waals surface area contributed by atoms with Crippen molar-refractivity contribution < 1.29 is 9.50 Å². The minimum absolute atomic E-state index is 0.218. The largest absolute Gasteiger partial charge is 0.508 e. The van der Waals surface area contributed by atoms with Crippen LogP contribution in [0, 0.1) is 12.7 Å². The number of aromatic nitrogens is 3. The summed E-state index contributed by atoms with van der Waals surface area (Å²) in [6.07, 6.45) is 2.16. The molecule has 4 aromatic rings. The second kappa shape index (κ2) is 6.48. The Morgan fingerprint density at radius 2 is 1.92 bits per heavy atom. The Bertz CT molecular complexity index is 1070. The van der Waals surface area contributed by atoms with Crippen LogP contribution in [-0.4, -0.2) is 20.1 Å². The van der Waals surface area contributed by atoms with E-state index in [0.29, 0.717) is 29.1 Å². The number of nitrogens with one attached hydrogen (secondary N) is 2. The zero-order chi connectivity index (χ0) is 18.1. The van der Waals surface area contributed by atoms with E-state index in [1.54, 1.807) is 36.5 Å². The van der Waals surface area contributed by atoms with Crippen LogP contribution in [0.5, 0.6) is 5.75 Å². The number of H-pyrrole nitrogens is 1. The van der Waals surface area contributed by atoms with Gasteiger partial charge in [-0.05, 0) is 48.9 Å². The molecule has 2 aromatic carbocycles. The number of halogens is 1. The van der Waals surface area contributed by atoms with Gasteiger partial charge in [-0.2, -0.15) is 0 Å². The monoisotopic (exact) mass is 348 g/mol. The molecule has 0 saturated heterocycles. The molecule has 2 heterocycles. The van der Waals surface area contributed by atoms with Crippen molar-refractivity contribution in [3.05, 3.63) is 77.6 Å². The van der Waals surface area contributed by atoms with E-state index in [4.69, 9.17) is 0 Å². The first-order valence-corrected chi connectivity index (χ1v) is 8.23. The highest BCUT2D eigenvalue weighted by molar-refractivity contribution is 5.85. The molecule has 0 aliphatic carbocycles. The molecular formula is C20H17FN4O. The van der Waals surface area contributed by atoms with E-state index in [1.165, 1.54) is 0 Å². The minimum atomic E-state index is -0.314. The van der Waals surface area contributed by atoms with Gasteiger partial charge in [0.15, 0.2) is 5.82 Å². The number of hydrogen-bond acceptors (Lipinski definition) is 4. The van der Waals surface area contributed by atoms with Gasteiger partial charge in [-0.3, -0.25) is 0 Å². The number of benzene rings is 2. The fourth-order valence-electron chi connectivity index (χ4n) is 2.89. The van der Waals surface area contributed by atoms with E-state index >= 15 is 0 Å². The lowest BCUT2D eigenvalue weighted by atomic mass is 10.1. The molecule has 0 unspecified atom stereocenters. The first-order valence-electron chi connectivity index (χ1n) is 8.23. The molecule has 0 aliphatic rings. The Morgan fingerprint density at radius 3 is 2.73 bits per heavy atom. The van der Waals surface area contributed by atoms with Gasteiger partial charge >= 0.3 is 0 Å². The SMILES string of the molecule is Cc1cc2c(F)c(Nc3ccnc(Cc4ccc(O)cc4)n3)ccc2[nH]1. The van der Waals surface area contributed by atoms with Crippen LogP contribution < -0.4 is 5.32 Å². The molecule has 26 heavy (non-hydrogen) atoms. The van der Waals surface area contributed by atoms with Crippen molar-refractivity contribution in [2.75, 3.05) is 5.32 Å². The van der Waals surface area contributed by atoms with Crippen molar-refractivity contribution in [2.45, 2.75) is 13.3 Å². The topological polar surface area (TPSA) is 73.8 Å². The normalized spacial score (nSPS) is 11.0. The lowest BCUT2D eigenvalue weighted by molar-refractivity contribution is 0.475. The summed E-state index contributed by atoms with van der Waals surface area (Å²) in [5.74, 6) is 1.04. The molecule has 0 aliphatic heterocycles. The summed E-state index contributed by atoms with van der Waals surface area (Å²) in [4.78, 5) is 11.8. The predicted molar refractivity (Wildman–Crippen MR) is 99.2 cm³/mol. The van der Waals surface area contributed by atoms with Crippen molar-refractivity contribution in [1.29, 1.82) is 0 Å². The maximum Gasteiger partial charge on any atom is 0.156 e. The number of aromatic amines is 1. The zero-order valence-corrected chi connectivity index (χ0v) is 14.1. The molecule has 0 fully saturated rings. The van der Waals surface area contributed by atoms with Crippen molar-refractivity contribution >= 4 is 22.4 Å². The predicted octanol–water partition coefficient (Wildman–Crippen LogP) is 4.45. The Kier molecular flexibility index (Phi) is 4.01. The number of hydrogen-bond donors (Lipinski definition) is 3. The van der Waals surface area contributed by atoms with E-state index in [0.717, 1.165) is 16.8 Å². The lowest BCUT2D eigenvalue weighted by Crippen LogP contribution is -2.01. The number of fused-ring (bicyclic) bond motifs is 1. The summed E-state index contributed by atoms with van der Waals surface area (Å²) in [6, 6.07) is 13.9. The Balaban J connectivity index is 1.59. The summed E-state index contributed by atoms with van der Waals surface area (Å²) >= 11 is 0. The number of phenolic OH excluding ortho intramolecular Hbond substituents is 1. The summed E-state index contributed by atoms with van der Waals surface area (Å²) in [5.41, 5.74) is 3.02. The second-order valence-electron chi connectivity index (χ2n) is 6.17. The summed E-state index contributed by atoms with van der Waals surface area (Å²) in [7, 11) is 0. The third-order valence-electron chi connectivity index (χ3n) is 4.14. The summed E-state index contributed by atoms with van der Waals surface area (Å²) < 4.78 is 14.7. The molecule has 2 aromatic heterocycles. The Morgan fingerprint density at radius 1 is 1.12 bits per heavy atom. The Labute approximate surface area is 149 Å². The third-order valence-corrected chi connectivity index (χ3v) is 4.14. The van der Waals surface area contributed by atoms with Crippen LogP contribution in [0.3, 0.4) is 0 Å². The molecule has 0 spiro atoms. The first-order chi connectivity index (χ1) is 12.6. The molecule has 4 rings (SSSR count). The third kappa shape index (κ3) is 3.21. The highest BCUT2D eigenvalue weighted by Gasteiger charge is 2.10. The average molecular weight is 348 g/mol.